The van der Waals surface area contributed by atoms with Gasteiger partial charge in [0.1, 0.15) is 20.3 Å². The number of esters is 2. The zero-order valence-electron chi connectivity index (χ0n) is 59.4. The Morgan fingerprint density at radius 2 is 1.01 bits per heavy atom. The fourth-order valence-corrected chi connectivity index (χ4v) is 23.4. The van der Waals surface area contributed by atoms with E-state index in [2.05, 4.69) is 120 Å². The summed E-state index contributed by atoms with van der Waals surface area (Å²) in [6.07, 6.45) is 22.2. The lowest BCUT2D eigenvalue weighted by molar-refractivity contribution is -0.203. The Labute approximate surface area is 561 Å². The number of rotatable bonds is 21. The quantitative estimate of drug-likeness (QED) is 0.0548. The number of alkyl halides is 3. The van der Waals surface area contributed by atoms with Crippen LogP contribution in [0, 0.1) is 92.7 Å². The molecule has 520 valence electrons. The fraction of sp³-hybridized carbons (Fsp3) is 0.725. The highest BCUT2D eigenvalue weighted by molar-refractivity contribution is 7.91. The van der Waals surface area contributed by atoms with Gasteiger partial charge in [-0.05, 0) is 202 Å². The fourth-order valence-electron chi connectivity index (χ4n) is 20.5. The van der Waals surface area contributed by atoms with E-state index in [0.29, 0.717) is 35.0 Å². The summed E-state index contributed by atoms with van der Waals surface area (Å²) in [6.45, 7) is 38.0. The van der Waals surface area contributed by atoms with E-state index in [-0.39, 0.29) is 44.8 Å². The van der Waals surface area contributed by atoms with Crippen LogP contribution < -0.4 is 5.19 Å². The molecule has 0 radical (unpaired) electrons. The average Bonchev–Trinajstić information content (AvgIpc) is 1.72. The summed E-state index contributed by atoms with van der Waals surface area (Å²) < 4.78 is 75.1. The van der Waals surface area contributed by atoms with Crippen LogP contribution in [-0.4, -0.2) is 74.6 Å². The number of carbonyl (C=O) groups excluding carboxylic acids is 2. The van der Waals surface area contributed by atoms with E-state index in [1.165, 1.54) is 106 Å². The van der Waals surface area contributed by atoms with Crippen LogP contribution in [0.2, 0.25) is 13.1 Å². The first-order valence-electron chi connectivity index (χ1n) is 36.5. The first kappa shape index (κ1) is 75.0. The predicted molar refractivity (Wildman–Crippen MR) is 375 cm³/mol. The number of benzene rings is 2. The third-order valence-electron chi connectivity index (χ3n) is 26.5. The molecule has 0 saturated heterocycles. The van der Waals surface area contributed by atoms with Crippen molar-refractivity contribution in [2.45, 2.75) is 272 Å². The van der Waals surface area contributed by atoms with Gasteiger partial charge in [-0.1, -0.05) is 211 Å². The molecular weight excluding hydrogens is 1210 g/mol. The summed E-state index contributed by atoms with van der Waals surface area (Å²) in [7, 11) is -5.23. The van der Waals surface area contributed by atoms with Gasteiger partial charge in [-0.25, -0.2) is 18.0 Å². The summed E-state index contributed by atoms with van der Waals surface area (Å²) in [5.74, 6) is 7.53. The molecule has 6 fully saturated rings. The smallest absolute Gasteiger partial charge is 0.414 e. The highest BCUT2D eigenvalue weighted by Gasteiger charge is 2.61. The normalized spacial score (nSPS) is 33.5. The number of ether oxygens (including phenoxy) is 2. The van der Waals surface area contributed by atoms with Gasteiger partial charge in [-0.3, -0.25) is 0 Å². The SMILES string of the molecule is C=C(CC(O)C(F)(F)F)C(=O)O[C@H]1CC[C@@]2(C)C(=CCC3[C@@H]4CC[C@H]([C@H](C)CCCC(C)C)[C@@]4(C)CC[C@@H]32)C1.C=C(CS(=O)(=O)c1ccccc1)C(=O)O[C@H]1CC[C@@]2(C)C(=CCC3[C@@H]4CC[C@H]([C@H](C)CCCC(C)C)[C@@]4(C)CC[C@@H]32)C1.CC(O)[Si](C)(C)c1ccccc1. The molecule has 6 saturated carbocycles. The summed E-state index contributed by atoms with van der Waals surface area (Å²) >= 11 is 0. The van der Waals surface area contributed by atoms with Gasteiger partial charge in [-0.2, -0.15) is 13.2 Å². The molecule has 0 amide bonds. The van der Waals surface area contributed by atoms with Crippen LogP contribution in [-0.2, 0) is 28.9 Å². The maximum atomic E-state index is 12.9. The third-order valence-corrected chi connectivity index (χ3v) is 32.1. The minimum atomic E-state index is -4.78. The van der Waals surface area contributed by atoms with E-state index in [1.807, 2.05) is 25.1 Å². The zero-order chi connectivity index (χ0) is 68.2. The monoisotopic (exact) mass is 1330 g/mol. The summed E-state index contributed by atoms with van der Waals surface area (Å²) in [6, 6.07) is 18.5. The molecule has 4 unspecified atom stereocenters. The second kappa shape index (κ2) is 30.5. The Balaban J connectivity index is 0.000000203. The lowest BCUT2D eigenvalue weighted by atomic mass is 9.47. The van der Waals surface area contributed by atoms with E-state index < -0.39 is 54.3 Å². The van der Waals surface area contributed by atoms with Crippen LogP contribution in [0.15, 0.2) is 113 Å². The number of hydrogen-bond acceptors (Lipinski definition) is 8. The molecule has 0 aliphatic heterocycles. The molecule has 0 heterocycles. The van der Waals surface area contributed by atoms with Crippen LogP contribution in [0.25, 0.3) is 0 Å². The molecule has 2 aromatic rings. The Morgan fingerprint density at radius 1 is 0.591 bits per heavy atom. The van der Waals surface area contributed by atoms with Crippen LogP contribution in [0.5, 0.6) is 0 Å². The molecule has 2 N–H and O–H groups in total. The second-order valence-electron chi connectivity index (χ2n) is 33.4. The molecule has 13 heteroatoms. The van der Waals surface area contributed by atoms with Gasteiger partial charge >= 0.3 is 18.1 Å². The molecule has 0 bridgehead atoms. The predicted octanol–water partition coefficient (Wildman–Crippen LogP) is 19.3. The first-order chi connectivity index (χ1) is 43.6. The maximum absolute atomic E-state index is 12.9. The molecule has 10 rings (SSSR count). The van der Waals surface area contributed by atoms with E-state index in [9.17, 15) is 41.4 Å². The second-order valence-corrected chi connectivity index (χ2v) is 40.3. The summed E-state index contributed by atoms with van der Waals surface area (Å²) in [4.78, 5) is 25.6. The summed E-state index contributed by atoms with van der Waals surface area (Å²) in [5.41, 5.74) is 3.54. The molecule has 8 aliphatic rings. The number of aliphatic hydroxyl groups is 2. The van der Waals surface area contributed by atoms with Crippen molar-refractivity contribution in [2.24, 2.45) is 92.7 Å². The number of hydrogen-bond donors (Lipinski definition) is 2. The first-order valence-corrected chi connectivity index (χ1v) is 41.2. The van der Waals surface area contributed by atoms with Crippen molar-refractivity contribution in [1.29, 1.82) is 0 Å². The van der Waals surface area contributed by atoms with Gasteiger partial charge in [0.2, 0.25) is 0 Å². The van der Waals surface area contributed by atoms with Crippen molar-refractivity contribution in [1.82, 2.24) is 0 Å². The number of aliphatic hydroxyl groups excluding tert-OH is 2. The Kier molecular flexibility index (Phi) is 24.6. The topological polar surface area (TPSA) is 127 Å². The van der Waals surface area contributed by atoms with Gasteiger partial charge in [0.05, 0.1) is 10.6 Å². The molecule has 8 aliphatic carbocycles. The number of carbonyl (C=O) groups is 2. The summed E-state index contributed by atoms with van der Waals surface area (Å²) in [5, 5.41) is 20.2. The largest absolute Gasteiger partial charge is 0.459 e. The number of fused-ring (bicyclic) bond motifs is 10. The number of sulfone groups is 1. The van der Waals surface area contributed by atoms with Crippen LogP contribution >= 0.6 is 0 Å². The molecule has 18 atom stereocenters. The minimum Gasteiger partial charge on any atom is -0.459 e. The van der Waals surface area contributed by atoms with Crippen LogP contribution in [0.1, 0.15) is 224 Å². The van der Waals surface area contributed by atoms with E-state index in [0.717, 1.165) is 98.2 Å². The molecule has 2 aromatic carbocycles. The van der Waals surface area contributed by atoms with Gasteiger partial charge in [0.25, 0.3) is 0 Å². The van der Waals surface area contributed by atoms with Crippen molar-refractivity contribution >= 4 is 35.0 Å². The van der Waals surface area contributed by atoms with Crippen LogP contribution in [0.3, 0.4) is 0 Å². The molecule has 8 nitrogen and oxygen atoms in total. The number of halogens is 3. The Hall–Kier alpha value is -3.78. The third kappa shape index (κ3) is 16.9. The van der Waals surface area contributed by atoms with Crippen molar-refractivity contribution in [3.8, 4) is 0 Å². The van der Waals surface area contributed by atoms with Gasteiger partial charge in [0.15, 0.2) is 15.9 Å². The molecule has 0 aromatic heterocycles. The highest BCUT2D eigenvalue weighted by atomic mass is 32.2. The lowest BCUT2D eigenvalue weighted by Crippen LogP contribution is -2.51. The lowest BCUT2D eigenvalue weighted by Gasteiger charge is -2.58. The zero-order valence-corrected chi connectivity index (χ0v) is 61.3. The Morgan fingerprint density at radius 3 is 1.42 bits per heavy atom. The van der Waals surface area contributed by atoms with Gasteiger partial charge in [0, 0.05) is 36.1 Å². The molecule has 0 spiro atoms. The Bertz CT molecular complexity index is 3050. The highest BCUT2D eigenvalue weighted by Crippen LogP contribution is 2.69. The van der Waals surface area contributed by atoms with Crippen LogP contribution in [0.4, 0.5) is 13.2 Å². The van der Waals surface area contributed by atoms with Gasteiger partial charge < -0.3 is 19.7 Å². The van der Waals surface area contributed by atoms with Gasteiger partial charge in [-0.15, -0.1) is 0 Å². The molecular formula is C80H121F3O8SSi. The maximum Gasteiger partial charge on any atom is 0.414 e. The number of allylic oxidation sites excluding steroid dienone is 2. The van der Waals surface area contributed by atoms with E-state index in [1.54, 1.807) is 30.3 Å². The average molecular weight is 1330 g/mol. The standard InChI is InChI=1S/C37H54O4S.C33H51F3O3.C10H16OSi/c1-25(2)11-10-12-26(3)32-17-18-33-31-16-15-28-23-29(19-21-36(28,5)34(31)20-22-37(32,33)6)41-35(38)27(4)24-42(39,40)30-13-8-7-9-14-30;1-20(2)8-7-9-21(3)26-12-13-27-25-11-10-23-19-24(39-30(38)22(4)18-29(37)33(34,35)36)14-16-31(23,5)28(25)15-17-32(26,27)6;1-9(11)12(2,3)10-7-5-4-6-8-10/h7-9,13-15,25-26,29,31-34H,4,10-12,16-24H2,1-3,5-6H3;10,20-21,24-29,37H,4,7-9,11-19H2,1-3,5-6H3;4-9,11H,1-3H3/t26-,29+,31?,32-,33+,34+,36+,37-;21-,24+,25?,26-,27+,28+,29?,31+,32-;/m11./s1. The molecule has 93 heavy (non-hydrogen) atoms. The van der Waals surface area contributed by atoms with E-state index in [4.69, 9.17) is 9.47 Å². The van der Waals surface area contributed by atoms with Crippen molar-refractivity contribution in [3.05, 3.63) is 108 Å². The minimum absolute atomic E-state index is 0.00524. The van der Waals surface area contributed by atoms with Crippen molar-refractivity contribution in [3.63, 3.8) is 0 Å². The van der Waals surface area contributed by atoms with Crippen molar-refractivity contribution in [2.75, 3.05) is 5.75 Å². The van der Waals surface area contributed by atoms with E-state index >= 15 is 0 Å². The van der Waals surface area contributed by atoms with Crippen molar-refractivity contribution < 1.29 is 50.9 Å².